The second kappa shape index (κ2) is 9.75. The number of pyridine rings is 2. The predicted molar refractivity (Wildman–Crippen MR) is 121 cm³/mol. The number of nitrogens with zero attached hydrogens (tertiary/aromatic N) is 5. The molecular formula is C24H30FN5O2. The predicted octanol–water partition coefficient (Wildman–Crippen LogP) is 4.00. The van der Waals surface area contributed by atoms with E-state index in [2.05, 4.69) is 42.0 Å². The fourth-order valence-corrected chi connectivity index (χ4v) is 4.30. The van der Waals surface area contributed by atoms with Crippen LogP contribution in [0, 0.1) is 5.82 Å². The fraction of sp³-hybridized carbons (Fsp3) is 0.458. The van der Waals surface area contributed by atoms with Crippen LogP contribution in [-0.2, 0) is 17.6 Å². The first kappa shape index (κ1) is 22.4. The molecule has 1 atom stereocenters. The molecule has 8 heteroatoms. The molecule has 0 amide bonds. The Hall–Kier alpha value is -2.84. The highest BCUT2D eigenvalue weighted by Crippen LogP contribution is 2.32. The van der Waals surface area contributed by atoms with Gasteiger partial charge in [-0.2, -0.15) is 5.10 Å². The average molecular weight is 440 g/mol. The molecule has 1 aliphatic heterocycles. The summed E-state index contributed by atoms with van der Waals surface area (Å²) in [5, 5.41) is 4.93. The van der Waals surface area contributed by atoms with Gasteiger partial charge in [0.15, 0.2) is 5.82 Å². The minimum Gasteiger partial charge on any atom is -0.479 e. The standard InChI is InChI=1S/C24H30FN5O2/c1-5-6-22(29(2)3)20-13-16(7-10-26-20)23-18-8-11-32-12-9-21(18)30(28-23)17-14-19(25)24(31-4)27-15-17/h7,10,13-15,22H,5-6,8-9,11-12H2,1-4H3. The van der Waals surface area contributed by atoms with Crippen molar-refractivity contribution in [1.82, 2.24) is 24.6 Å². The minimum absolute atomic E-state index is 0.0278. The highest BCUT2D eigenvalue weighted by Gasteiger charge is 2.24. The van der Waals surface area contributed by atoms with Crippen LogP contribution in [0.25, 0.3) is 16.9 Å². The molecule has 0 spiro atoms. The average Bonchev–Trinajstić information content (AvgIpc) is 2.98. The van der Waals surface area contributed by atoms with Gasteiger partial charge >= 0.3 is 0 Å². The van der Waals surface area contributed by atoms with Gasteiger partial charge in [-0.1, -0.05) is 13.3 Å². The van der Waals surface area contributed by atoms with Gasteiger partial charge in [0, 0.05) is 29.8 Å². The molecule has 0 N–H and O–H groups in total. The van der Waals surface area contributed by atoms with Gasteiger partial charge in [0.2, 0.25) is 5.88 Å². The third-order valence-corrected chi connectivity index (χ3v) is 5.88. The number of methoxy groups -OCH3 is 1. The topological polar surface area (TPSA) is 65.3 Å². The Morgan fingerprint density at radius 2 is 2.03 bits per heavy atom. The molecule has 32 heavy (non-hydrogen) atoms. The lowest BCUT2D eigenvalue weighted by molar-refractivity contribution is 0.145. The Balaban J connectivity index is 1.82. The van der Waals surface area contributed by atoms with Crippen LogP contribution in [0.2, 0.25) is 0 Å². The summed E-state index contributed by atoms with van der Waals surface area (Å²) in [6.45, 7) is 3.42. The van der Waals surface area contributed by atoms with Crippen LogP contribution < -0.4 is 4.74 Å². The summed E-state index contributed by atoms with van der Waals surface area (Å²) in [5.41, 5.74) is 5.66. The van der Waals surface area contributed by atoms with Crippen LogP contribution in [0.1, 0.15) is 42.8 Å². The van der Waals surface area contributed by atoms with Crippen molar-refractivity contribution in [2.75, 3.05) is 34.4 Å². The van der Waals surface area contributed by atoms with E-state index in [1.807, 2.05) is 12.3 Å². The van der Waals surface area contributed by atoms with Crippen LogP contribution in [0.5, 0.6) is 5.88 Å². The maximum Gasteiger partial charge on any atom is 0.250 e. The number of hydrogen-bond donors (Lipinski definition) is 0. The molecule has 1 unspecified atom stereocenters. The van der Waals surface area contributed by atoms with E-state index in [0.717, 1.165) is 47.5 Å². The molecule has 0 radical (unpaired) electrons. The molecule has 4 heterocycles. The SMILES string of the molecule is CCCC(c1cc(-c2nn(-c3cnc(OC)c(F)c3)c3c2CCOCC3)ccn1)N(C)C. The molecule has 3 aromatic rings. The molecule has 1 aliphatic rings. The lowest BCUT2D eigenvalue weighted by atomic mass is 10.00. The Labute approximate surface area is 188 Å². The molecule has 0 bridgehead atoms. The molecule has 4 rings (SSSR count). The van der Waals surface area contributed by atoms with E-state index in [0.29, 0.717) is 25.3 Å². The zero-order chi connectivity index (χ0) is 22.7. The molecule has 0 saturated carbocycles. The number of aromatic nitrogens is 4. The maximum absolute atomic E-state index is 14.4. The van der Waals surface area contributed by atoms with Crippen molar-refractivity contribution >= 4 is 0 Å². The van der Waals surface area contributed by atoms with Crippen LogP contribution in [0.3, 0.4) is 0 Å². The Morgan fingerprint density at radius 3 is 2.75 bits per heavy atom. The van der Waals surface area contributed by atoms with Crippen LogP contribution >= 0.6 is 0 Å². The third-order valence-electron chi connectivity index (χ3n) is 5.88. The second-order valence-electron chi connectivity index (χ2n) is 8.22. The van der Waals surface area contributed by atoms with Crippen molar-refractivity contribution in [3.05, 3.63) is 53.4 Å². The fourth-order valence-electron chi connectivity index (χ4n) is 4.30. The van der Waals surface area contributed by atoms with Crippen molar-refractivity contribution in [2.45, 2.75) is 38.6 Å². The number of hydrogen-bond acceptors (Lipinski definition) is 6. The maximum atomic E-state index is 14.4. The van der Waals surface area contributed by atoms with Crippen molar-refractivity contribution in [2.24, 2.45) is 0 Å². The smallest absolute Gasteiger partial charge is 0.250 e. The van der Waals surface area contributed by atoms with E-state index in [-0.39, 0.29) is 11.9 Å². The zero-order valence-electron chi connectivity index (χ0n) is 19.1. The van der Waals surface area contributed by atoms with Gasteiger partial charge in [-0.05, 0) is 39.1 Å². The van der Waals surface area contributed by atoms with Gasteiger partial charge in [-0.15, -0.1) is 0 Å². The molecular weight excluding hydrogens is 409 g/mol. The Morgan fingerprint density at radius 1 is 1.22 bits per heavy atom. The quantitative estimate of drug-likeness (QED) is 0.555. The lowest BCUT2D eigenvalue weighted by Gasteiger charge is -2.23. The van der Waals surface area contributed by atoms with E-state index in [4.69, 9.17) is 14.6 Å². The lowest BCUT2D eigenvalue weighted by Crippen LogP contribution is -2.20. The molecule has 3 aromatic heterocycles. The van der Waals surface area contributed by atoms with Crippen molar-refractivity contribution in [1.29, 1.82) is 0 Å². The van der Waals surface area contributed by atoms with E-state index < -0.39 is 5.82 Å². The van der Waals surface area contributed by atoms with Crippen LogP contribution in [0.15, 0.2) is 30.6 Å². The summed E-state index contributed by atoms with van der Waals surface area (Å²) in [6.07, 6.45) is 6.99. The van der Waals surface area contributed by atoms with E-state index in [9.17, 15) is 4.39 Å². The van der Waals surface area contributed by atoms with E-state index in [1.54, 1.807) is 10.9 Å². The monoisotopic (exact) mass is 439 g/mol. The first-order valence-corrected chi connectivity index (χ1v) is 11.0. The largest absolute Gasteiger partial charge is 0.479 e. The summed E-state index contributed by atoms with van der Waals surface area (Å²) in [4.78, 5) is 11.0. The molecule has 170 valence electrons. The van der Waals surface area contributed by atoms with Crippen LogP contribution in [-0.4, -0.2) is 59.1 Å². The highest BCUT2D eigenvalue weighted by atomic mass is 19.1. The number of halogens is 1. The number of ether oxygens (including phenoxy) is 2. The molecule has 0 aliphatic carbocycles. The normalized spacial score (nSPS) is 14.8. The zero-order valence-corrected chi connectivity index (χ0v) is 19.1. The molecule has 7 nitrogen and oxygen atoms in total. The van der Waals surface area contributed by atoms with Gasteiger partial charge in [-0.25, -0.2) is 14.1 Å². The Bertz CT molecular complexity index is 1080. The summed E-state index contributed by atoms with van der Waals surface area (Å²) in [6, 6.07) is 5.78. The van der Waals surface area contributed by atoms with E-state index in [1.165, 1.54) is 13.2 Å². The van der Waals surface area contributed by atoms with E-state index >= 15 is 0 Å². The van der Waals surface area contributed by atoms with Crippen molar-refractivity contribution in [3.8, 4) is 22.8 Å². The summed E-state index contributed by atoms with van der Waals surface area (Å²) in [5.74, 6) is -0.541. The van der Waals surface area contributed by atoms with Crippen molar-refractivity contribution in [3.63, 3.8) is 0 Å². The molecule has 0 saturated heterocycles. The second-order valence-corrected chi connectivity index (χ2v) is 8.22. The van der Waals surface area contributed by atoms with Gasteiger partial charge in [0.05, 0.1) is 55.3 Å². The third kappa shape index (κ3) is 4.38. The van der Waals surface area contributed by atoms with Gasteiger partial charge in [0.25, 0.3) is 0 Å². The van der Waals surface area contributed by atoms with Crippen LogP contribution in [0.4, 0.5) is 4.39 Å². The first-order valence-electron chi connectivity index (χ1n) is 11.0. The van der Waals surface area contributed by atoms with Gasteiger partial charge in [0.1, 0.15) is 0 Å². The Kier molecular flexibility index (Phi) is 6.81. The van der Waals surface area contributed by atoms with Crippen molar-refractivity contribution < 1.29 is 13.9 Å². The molecule has 0 aromatic carbocycles. The van der Waals surface area contributed by atoms with Gasteiger partial charge in [-0.3, -0.25) is 4.98 Å². The first-order chi connectivity index (χ1) is 15.5. The number of rotatable bonds is 7. The summed E-state index contributed by atoms with van der Waals surface area (Å²) in [7, 11) is 5.57. The number of fused-ring (bicyclic) bond motifs is 1. The van der Waals surface area contributed by atoms with Gasteiger partial charge < -0.3 is 14.4 Å². The molecule has 0 fully saturated rings. The summed E-state index contributed by atoms with van der Waals surface area (Å²) < 4.78 is 26.9. The highest BCUT2D eigenvalue weighted by molar-refractivity contribution is 5.65. The minimum atomic E-state index is -0.514. The summed E-state index contributed by atoms with van der Waals surface area (Å²) >= 11 is 0.